The molecule has 0 aliphatic heterocycles. The number of hydrogen-bond acceptors (Lipinski definition) is 5. The van der Waals surface area contributed by atoms with Gasteiger partial charge in [-0.05, 0) is 38.5 Å². The second-order valence-corrected chi connectivity index (χ2v) is 6.05. The maximum Gasteiger partial charge on any atom is 0.356 e. The molecule has 0 aliphatic carbocycles. The van der Waals surface area contributed by atoms with E-state index >= 15 is 0 Å². The predicted molar refractivity (Wildman–Crippen MR) is 94.5 cm³/mol. The van der Waals surface area contributed by atoms with Crippen LogP contribution in [0.5, 0.6) is 0 Å². The van der Waals surface area contributed by atoms with Gasteiger partial charge in [0.2, 0.25) is 5.91 Å². The van der Waals surface area contributed by atoms with E-state index in [1.54, 1.807) is 11.8 Å². The van der Waals surface area contributed by atoms with Crippen molar-refractivity contribution in [1.82, 2.24) is 9.97 Å². The third-order valence-electron chi connectivity index (χ3n) is 3.31. The first-order valence-corrected chi connectivity index (χ1v) is 8.75. The molecule has 0 atom stereocenters. The molecule has 1 heterocycles. The van der Waals surface area contributed by atoms with Crippen molar-refractivity contribution in [2.24, 2.45) is 0 Å². The Hall–Kier alpha value is -2.28. The quantitative estimate of drug-likeness (QED) is 0.615. The van der Waals surface area contributed by atoms with Gasteiger partial charge in [0.05, 0.1) is 18.6 Å². The number of anilines is 1. The highest BCUT2D eigenvalue weighted by atomic mass is 32.2. The summed E-state index contributed by atoms with van der Waals surface area (Å²) in [6, 6.07) is 7.84. The largest absolute Gasteiger partial charge is 0.461 e. The molecule has 0 spiro atoms. The molecule has 0 aliphatic rings. The summed E-state index contributed by atoms with van der Waals surface area (Å²) in [5.41, 5.74) is 2.28. The zero-order valence-corrected chi connectivity index (χ0v) is 14.9. The number of nitrogens with zero attached hydrogens (tertiary/aromatic N) is 2. The van der Waals surface area contributed by atoms with E-state index in [1.807, 2.05) is 38.1 Å². The standard InChI is InChI=1S/C17H21N3O3S/c1-4-20(13-8-6-7-12(3)9-13)15(21)11-24-17-18-10-14(19-17)16(22)23-5-2/h6-10H,4-5,11H2,1-3H3,(H,18,19). The van der Waals surface area contributed by atoms with Crippen molar-refractivity contribution >= 4 is 29.3 Å². The van der Waals surface area contributed by atoms with Crippen LogP contribution in [0.25, 0.3) is 0 Å². The molecule has 0 fully saturated rings. The highest BCUT2D eigenvalue weighted by Crippen LogP contribution is 2.19. The van der Waals surface area contributed by atoms with Crippen LogP contribution in [-0.2, 0) is 9.53 Å². The van der Waals surface area contributed by atoms with Gasteiger partial charge in [0, 0.05) is 12.2 Å². The minimum atomic E-state index is -0.446. The third kappa shape index (κ3) is 4.61. The molecule has 0 saturated heterocycles. The molecule has 128 valence electrons. The Kier molecular flexibility index (Phi) is 6.43. The minimum absolute atomic E-state index is 0.0119. The molecular weight excluding hydrogens is 326 g/mol. The molecule has 1 aromatic carbocycles. The van der Waals surface area contributed by atoms with Crippen molar-refractivity contribution in [3.8, 4) is 0 Å². The number of nitrogens with one attached hydrogen (secondary N) is 1. The molecule has 0 radical (unpaired) electrons. The van der Waals surface area contributed by atoms with Crippen molar-refractivity contribution in [2.45, 2.75) is 25.9 Å². The van der Waals surface area contributed by atoms with Crippen LogP contribution in [0.4, 0.5) is 5.69 Å². The van der Waals surface area contributed by atoms with Crippen LogP contribution in [0, 0.1) is 6.92 Å². The van der Waals surface area contributed by atoms with Gasteiger partial charge in [0.1, 0.15) is 5.69 Å². The number of aryl methyl sites for hydroxylation is 1. The summed E-state index contributed by atoms with van der Waals surface area (Å²) in [5.74, 6) is -0.224. The van der Waals surface area contributed by atoms with Gasteiger partial charge in [0.25, 0.3) is 0 Å². The van der Waals surface area contributed by atoms with Gasteiger partial charge < -0.3 is 14.6 Å². The van der Waals surface area contributed by atoms with Crippen LogP contribution in [0.2, 0.25) is 0 Å². The van der Waals surface area contributed by atoms with Crippen LogP contribution in [0.1, 0.15) is 29.9 Å². The molecule has 6 nitrogen and oxygen atoms in total. The minimum Gasteiger partial charge on any atom is -0.461 e. The number of carbonyl (C=O) groups is 2. The van der Waals surface area contributed by atoms with E-state index in [4.69, 9.17) is 4.74 Å². The number of benzene rings is 1. The molecule has 1 amide bonds. The van der Waals surface area contributed by atoms with Crippen LogP contribution in [0.3, 0.4) is 0 Å². The zero-order valence-electron chi connectivity index (χ0n) is 14.0. The van der Waals surface area contributed by atoms with Crippen molar-refractivity contribution in [2.75, 3.05) is 23.8 Å². The smallest absolute Gasteiger partial charge is 0.356 e. The van der Waals surface area contributed by atoms with Crippen molar-refractivity contribution < 1.29 is 14.3 Å². The van der Waals surface area contributed by atoms with Gasteiger partial charge in [-0.15, -0.1) is 0 Å². The second kappa shape index (κ2) is 8.54. The SMILES string of the molecule is CCOC(=O)c1cnc(SCC(=O)N(CC)c2cccc(C)c2)[nH]1. The van der Waals surface area contributed by atoms with Crippen LogP contribution >= 0.6 is 11.8 Å². The Morgan fingerprint density at radius 2 is 2.12 bits per heavy atom. The van der Waals surface area contributed by atoms with E-state index < -0.39 is 5.97 Å². The highest BCUT2D eigenvalue weighted by Gasteiger charge is 2.16. The van der Waals surface area contributed by atoms with E-state index in [0.29, 0.717) is 18.3 Å². The van der Waals surface area contributed by atoms with Gasteiger partial charge in [-0.3, -0.25) is 4.79 Å². The first-order valence-electron chi connectivity index (χ1n) is 7.77. The van der Waals surface area contributed by atoms with E-state index in [2.05, 4.69) is 9.97 Å². The number of imidazole rings is 1. The normalized spacial score (nSPS) is 10.5. The number of amides is 1. The second-order valence-electron chi connectivity index (χ2n) is 5.09. The predicted octanol–water partition coefficient (Wildman–Crippen LogP) is 3.04. The van der Waals surface area contributed by atoms with Crippen molar-refractivity contribution in [1.29, 1.82) is 0 Å². The third-order valence-corrected chi connectivity index (χ3v) is 4.18. The Labute approximate surface area is 145 Å². The first-order chi connectivity index (χ1) is 11.5. The summed E-state index contributed by atoms with van der Waals surface area (Å²) in [4.78, 5) is 32.8. The van der Waals surface area contributed by atoms with E-state index in [-0.39, 0.29) is 17.4 Å². The van der Waals surface area contributed by atoms with E-state index in [0.717, 1.165) is 11.3 Å². The average Bonchev–Trinajstić information content (AvgIpc) is 3.03. The Bertz CT molecular complexity index is 715. The van der Waals surface area contributed by atoms with Crippen LogP contribution in [0.15, 0.2) is 35.6 Å². The Morgan fingerprint density at radius 3 is 2.79 bits per heavy atom. The van der Waals surface area contributed by atoms with E-state index in [1.165, 1.54) is 18.0 Å². The van der Waals surface area contributed by atoms with Crippen LogP contribution < -0.4 is 4.90 Å². The fourth-order valence-electron chi connectivity index (χ4n) is 2.20. The molecule has 0 bridgehead atoms. The number of thioether (sulfide) groups is 1. The number of esters is 1. The molecule has 0 unspecified atom stereocenters. The Morgan fingerprint density at radius 1 is 1.33 bits per heavy atom. The van der Waals surface area contributed by atoms with Gasteiger partial charge in [0.15, 0.2) is 5.16 Å². The topological polar surface area (TPSA) is 75.3 Å². The summed E-state index contributed by atoms with van der Waals surface area (Å²) in [5, 5.41) is 0.520. The molecule has 7 heteroatoms. The summed E-state index contributed by atoms with van der Waals surface area (Å²) in [6.07, 6.45) is 1.42. The number of hydrogen-bond donors (Lipinski definition) is 1. The highest BCUT2D eigenvalue weighted by molar-refractivity contribution is 7.99. The summed E-state index contributed by atoms with van der Waals surface area (Å²) >= 11 is 1.26. The lowest BCUT2D eigenvalue weighted by atomic mass is 10.2. The van der Waals surface area contributed by atoms with Crippen molar-refractivity contribution in [3.05, 3.63) is 41.7 Å². The monoisotopic (exact) mass is 347 g/mol. The van der Waals surface area contributed by atoms with Gasteiger partial charge >= 0.3 is 5.97 Å². The molecule has 2 aromatic rings. The average molecular weight is 347 g/mol. The molecule has 2 rings (SSSR count). The number of carbonyl (C=O) groups excluding carboxylic acids is 2. The fraction of sp³-hybridized carbons (Fsp3) is 0.353. The lowest BCUT2D eigenvalue weighted by molar-refractivity contribution is -0.116. The Balaban J connectivity index is 1.98. The number of rotatable bonds is 7. The summed E-state index contributed by atoms with van der Waals surface area (Å²) < 4.78 is 4.90. The van der Waals surface area contributed by atoms with Gasteiger partial charge in [-0.25, -0.2) is 9.78 Å². The number of H-pyrrole nitrogens is 1. The van der Waals surface area contributed by atoms with Gasteiger partial charge in [-0.2, -0.15) is 0 Å². The number of aromatic amines is 1. The lowest BCUT2D eigenvalue weighted by Gasteiger charge is -2.21. The summed E-state index contributed by atoms with van der Waals surface area (Å²) in [6.45, 7) is 6.58. The van der Waals surface area contributed by atoms with Crippen molar-refractivity contribution in [3.63, 3.8) is 0 Å². The molecule has 1 aromatic heterocycles. The fourth-order valence-corrected chi connectivity index (χ4v) is 2.92. The molecular formula is C17H21N3O3S. The zero-order chi connectivity index (χ0) is 17.5. The summed E-state index contributed by atoms with van der Waals surface area (Å²) in [7, 11) is 0. The lowest BCUT2D eigenvalue weighted by Crippen LogP contribution is -2.32. The maximum absolute atomic E-state index is 12.5. The van der Waals surface area contributed by atoms with Gasteiger partial charge in [-0.1, -0.05) is 23.9 Å². The number of ether oxygens (including phenoxy) is 1. The molecule has 24 heavy (non-hydrogen) atoms. The number of aromatic nitrogens is 2. The van der Waals surface area contributed by atoms with E-state index in [9.17, 15) is 9.59 Å². The first kappa shape index (κ1) is 18.1. The molecule has 1 N–H and O–H groups in total. The van der Waals surface area contributed by atoms with Crippen LogP contribution in [-0.4, -0.2) is 40.7 Å². The maximum atomic E-state index is 12.5. The molecule has 0 saturated carbocycles.